The first-order valence-electron chi connectivity index (χ1n) is 13.2. The molecule has 7 heteroatoms. The quantitative estimate of drug-likeness (QED) is 0.291. The number of aromatic nitrogens is 5. The van der Waals surface area contributed by atoms with Gasteiger partial charge in [-0.15, -0.1) is 0 Å². The van der Waals surface area contributed by atoms with E-state index in [1.54, 1.807) is 0 Å². The molecule has 1 saturated carbocycles. The number of anilines is 1. The molecule has 184 valence electrons. The monoisotopic (exact) mass is 479 g/mol. The highest BCUT2D eigenvalue weighted by molar-refractivity contribution is 6.12. The molecule has 0 bridgehead atoms. The van der Waals surface area contributed by atoms with Gasteiger partial charge in [0.2, 0.25) is 0 Å². The number of nitrogens with one attached hydrogen (secondary N) is 3. The summed E-state index contributed by atoms with van der Waals surface area (Å²) in [7, 11) is 0. The van der Waals surface area contributed by atoms with Crippen LogP contribution in [-0.2, 0) is 0 Å². The first kappa shape index (κ1) is 22.9. The van der Waals surface area contributed by atoms with Crippen molar-refractivity contribution in [2.24, 2.45) is 5.92 Å². The first-order chi connectivity index (χ1) is 17.7. The van der Waals surface area contributed by atoms with E-state index in [1.165, 1.54) is 44.3 Å². The maximum absolute atomic E-state index is 5.01. The predicted molar refractivity (Wildman–Crippen MR) is 147 cm³/mol. The first-order valence-corrected chi connectivity index (χ1v) is 13.2. The summed E-state index contributed by atoms with van der Waals surface area (Å²) >= 11 is 0. The fraction of sp³-hybridized carbons (Fsp3) is 0.379. The molecule has 4 aromatic heterocycles. The Kier molecular flexibility index (Phi) is 6.23. The summed E-state index contributed by atoms with van der Waals surface area (Å²) in [6, 6.07) is 10.3. The molecule has 0 amide bonds. The van der Waals surface area contributed by atoms with Gasteiger partial charge in [-0.3, -0.25) is 4.98 Å². The van der Waals surface area contributed by atoms with Crippen LogP contribution in [0.25, 0.3) is 44.2 Å². The zero-order valence-electron chi connectivity index (χ0n) is 21.0. The van der Waals surface area contributed by atoms with Crippen LogP contribution in [0.2, 0.25) is 0 Å². The summed E-state index contributed by atoms with van der Waals surface area (Å²) < 4.78 is 0. The molecule has 3 N–H and O–H groups in total. The third kappa shape index (κ3) is 4.17. The van der Waals surface area contributed by atoms with Gasteiger partial charge in [0.15, 0.2) is 5.82 Å². The topological polar surface area (TPSA) is 91.4 Å². The van der Waals surface area contributed by atoms with E-state index in [-0.39, 0.29) is 0 Å². The van der Waals surface area contributed by atoms with E-state index in [0.717, 1.165) is 56.7 Å². The van der Waals surface area contributed by atoms with Crippen LogP contribution in [0.4, 0.5) is 5.82 Å². The second-order valence-corrected chi connectivity index (χ2v) is 10.0. The Morgan fingerprint density at radius 1 is 1.03 bits per heavy atom. The minimum Gasteiger partial charge on any atom is -0.370 e. The molecular formula is C29H33N7. The molecule has 2 aliphatic rings. The molecule has 1 aliphatic carbocycles. The van der Waals surface area contributed by atoms with Gasteiger partial charge in [0.25, 0.3) is 0 Å². The van der Waals surface area contributed by atoms with E-state index in [1.807, 2.05) is 36.8 Å². The van der Waals surface area contributed by atoms with Crippen LogP contribution >= 0.6 is 0 Å². The van der Waals surface area contributed by atoms with E-state index in [2.05, 4.69) is 51.6 Å². The van der Waals surface area contributed by atoms with Crippen LogP contribution < -0.4 is 10.6 Å². The van der Waals surface area contributed by atoms with Crippen molar-refractivity contribution in [2.75, 3.05) is 25.0 Å². The number of para-hydroxylation sites is 1. The molecule has 1 atom stereocenters. The number of nitrogens with zero attached hydrogens (tertiary/aromatic N) is 4. The number of hydrogen-bond acceptors (Lipinski definition) is 6. The molecule has 1 unspecified atom stereocenters. The van der Waals surface area contributed by atoms with Crippen LogP contribution in [0.5, 0.6) is 0 Å². The summed E-state index contributed by atoms with van der Waals surface area (Å²) in [5.74, 6) is 3.09. The molecule has 36 heavy (non-hydrogen) atoms. The molecule has 5 heterocycles. The van der Waals surface area contributed by atoms with Crippen LogP contribution in [-0.4, -0.2) is 44.6 Å². The highest BCUT2D eigenvalue weighted by Crippen LogP contribution is 2.41. The fourth-order valence-electron chi connectivity index (χ4n) is 5.31. The smallest absolute Gasteiger partial charge is 0.163 e. The highest BCUT2D eigenvalue weighted by atomic mass is 15.0. The highest BCUT2D eigenvalue weighted by Gasteiger charge is 2.25. The van der Waals surface area contributed by atoms with E-state index in [4.69, 9.17) is 9.97 Å². The number of fused-ring (bicyclic) bond motifs is 4. The van der Waals surface area contributed by atoms with Gasteiger partial charge in [-0.25, -0.2) is 15.0 Å². The van der Waals surface area contributed by atoms with E-state index in [0.29, 0.717) is 11.7 Å². The van der Waals surface area contributed by atoms with Crippen molar-refractivity contribution < 1.29 is 0 Å². The Labute approximate surface area is 211 Å². The van der Waals surface area contributed by atoms with Crippen LogP contribution in [0.15, 0.2) is 48.9 Å². The van der Waals surface area contributed by atoms with Gasteiger partial charge in [0.05, 0.1) is 11.7 Å². The molecular weight excluding hydrogens is 446 g/mol. The second kappa shape index (κ2) is 9.82. The van der Waals surface area contributed by atoms with Gasteiger partial charge in [0.1, 0.15) is 11.5 Å². The number of benzene rings is 1. The van der Waals surface area contributed by atoms with Gasteiger partial charge >= 0.3 is 0 Å². The van der Waals surface area contributed by atoms with Gasteiger partial charge in [-0.2, -0.15) is 0 Å². The molecule has 1 aliphatic heterocycles. The largest absolute Gasteiger partial charge is 0.370 e. The molecule has 0 radical (unpaired) electrons. The Morgan fingerprint density at radius 2 is 1.92 bits per heavy atom. The molecule has 1 saturated heterocycles. The predicted octanol–water partition coefficient (Wildman–Crippen LogP) is 6.04. The van der Waals surface area contributed by atoms with Crippen LogP contribution in [0, 0.1) is 5.92 Å². The second-order valence-electron chi connectivity index (χ2n) is 10.0. The molecule has 0 spiro atoms. The zero-order chi connectivity index (χ0) is 24.5. The summed E-state index contributed by atoms with van der Waals surface area (Å²) in [5.41, 5.74) is 5.06. The van der Waals surface area contributed by atoms with Crippen molar-refractivity contribution in [3.63, 3.8) is 0 Å². The molecule has 2 fully saturated rings. The summed E-state index contributed by atoms with van der Waals surface area (Å²) in [5, 5.41) is 10.1. The van der Waals surface area contributed by atoms with Crippen molar-refractivity contribution in [3.8, 4) is 11.4 Å². The Hall–Kier alpha value is -3.58. The maximum Gasteiger partial charge on any atom is 0.163 e. The Bertz CT molecular complexity index is 1510. The van der Waals surface area contributed by atoms with Gasteiger partial charge in [-0.1, -0.05) is 31.5 Å². The van der Waals surface area contributed by atoms with Crippen molar-refractivity contribution in [2.45, 2.75) is 45.4 Å². The van der Waals surface area contributed by atoms with E-state index >= 15 is 0 Å². The summed E-state index contributed by atoms with van der Waals surface area (Å²) in [4.78, 5) is 22.4. The lowest BCUT2D eigenvalue weighted by Crippen LogP contribution is -2.12. The number of aromatic amines is 1. The van der Waals surface area contributed by atoms with Gasteiger partial charge < -0.3 is 15.6 Å². The third-order valence-corrected chi connectivity index (χ3v) is 7.47. The van der Waals surface area contributed by atoms with E-state index < -0.39 is 0 Å². The van der Waals surface area contributed by atoms with Crippen molar-refractivity contribution in [1.29, 1.82) is 0 Å². The SMILES string of the molecule is CC1CCNC1.CCNc1nc(-c2ccnc3[nH]c4ccccc4c23)nc2cncc(C3CCC3)c12. The number of hydrogen-bond donors (Lipinski definition) is 3. The Morgan fingerprint density at radius 3 is 2.64 bits per heavy atom. The average molecular weight is 480 g/mol. The molecule has 7 rings (SSSR count). The standard InChI is InChI=1S/C24H22N6.C5H11N/c1-2-26-24-21-17(14-6-5-7-14)12-25-13-19(21)29-22(30-24)16-10-11-27-23-20(16)15-8-3-4-9-18(15)28-23;1-5-2-3-6-4-5/h3-4,8-14H,2,5-7H2,1H3,(H,27,28)(H,26,29,30);5-6H,2-4H2,1H3. The zero-order valence-corrected chi connectivity index (χ0v) is 21.0. The molecule has 5 aromatic rings. The lowest BCUT2D eigenvalue weighted by Gasteiger charge is -2.27. The maximum atomic E-state index is 5.01. The normalized spacial score (nSPS) is 17.8. The minimum atomic E-state index is 0.564. The molecule has 1 aromatic carbocycles. The summed E-state index contributed by atoms with van der Waals surface area (Å²) in [6.45, 7) is 7.65. The lowest BCUT2D eigenvalue weighted by molar-refractivity contribution is 0.421. The van der Waals surface area contributed by atoms with Crippen LogP contribution in [0.3, 0.4) is 0 Å². The number of H-pyrrole nitrogens is 1. The lowest BCUT2D eigenvalue weighted by atomic mass is 9.79. The van der Waals surface area contributed by atoms with Crippen molar-refractivity contribution in [3.05, 3.63) is 54.5 Å². The van der Waals surface area contributed by atoms with Crippen molar-refractivity contribution >= 4 is 38.7 Å². The Balaban J connectivity index is 0.000000353. The third-order valence-electron chi connectivity index (χ3n) is 7.47. The summed E-state index contributed by atoms with van der Waals surface area (Å²) in [6.07, 6.45) is 10.8. The van der Waals surface area contributed by atoms with Gasteiger partial charge in [-0.05, 0) is 68.8 Å². The minimum absolute atomic E-state index is 0.564. The molecule has 7 nitrogen and oxygen atoms in total. The van der Waals surface area contributed by atoms with Gasteiger partial charge in [0, 0.05) is 46.2 Å². The average Bonchev–Trinajstić information content (AvgIpc) is 3.50. The van der Waals surface area contributed by atoms with E-state index in [9.17, 15) is 0 Å². The fourth-order valence-corrected chi connectivity index (χ4v) is 5.31. The van der Waals surface area contributed by atoms with Crippen LogP contribution in [0.1, 0.15) is 51.0 Å². The number of rotatable bonds is 4. The number of pyridine rings is 2. The van der Waals surface area contributed by atoms with Crippen molar-refractivity contribution in [1.82, 2.24) is 30.2 Å².